The summed E-state index contributed by atoms with van der Waals surface area (Å²) in [4.78, 5) is 37.6. The molecule has 2 bridgehead atoms. The summed E-state index contributed by atoms with van der Waals surface area (Å²) < 4.78 is 11.2. The van der Waals surface area contributed by atoms with Crippen molar-refractivity contribution in [3.05, 3.63) is 36.4 Å². The average molecular weight is 358 g/mol. The number of aromatic nitrogens is 2. The van der Waals surface area contributed by atoms with E-state index in [-0.39, 0.29) is 17.9 Å². The van der Waals surface area contributed by atoms with E-state index in [9.17, 15) is 9.59 Å². The molecule has 3 aliphatic heterocycles. The molecular weight excluding hydrogens is 336 g/mol. The van der Waals surface area contributed by atoms with E-state index in [0.717, 1.165) is 0 Å². The molecule has 1 aromatic rings. The Hall–Kier alpha value is -2.32. The van der Waals surface area contributed by atoms with Gasteiger partial charge in [0, 0.05) is 33.1 Å². The molecule has 8 heteroatoms. The Bertz CT molecular complexity index is 740. The van der Waals surface area contributed by atoms with E-state index in [2.05, 4.69) is 9.97 Å². The molecule has 2 fully saturated rings. The maximum absolute atomic E-state index is 13.1. The number of methoxy groups -OCH3 is 1. The van der Waals surface area contributed by atoms with Crippen LogP contribution in [-0.2, 0) is 25.6 Å². The predicted octanol–water partition coefficient (Wildman–Crippen LogP) is -0.137. The van der Waals surface area contributed by atoms with Crippen molar-refractivity contribution in [3.8, 4) is 0 Å². The summed E-state index contributed by atoms with van der Waals surface area (Å²) in [5.41, 5.74) is 0.0283. The van der Waals surface area contributed by atoms with Crippen LogP contribution in [0.1, 0.15) is 5.69 Å². The van der Waals surface area contributed by atoms with Crippen molar-refractivity contribution in [1.82, 2.24) is 19.8 Å². The van der Waals surface area contributed by atoms with Crippen molar-refractivity contribution in [2.24, 2.45) is 11.8 Å². The lowest BCUT2D eigenvalue weighted by Gasteiger charge is -2.27. The summed E-state index contributed by atoms with van der Waals surface area (Å²) >= 11 is 0. The average Bonchev–Trinajstić information content (AvgIpc) is 3.28. The van der Waals surface area contributed by atoms with Gasteiger partial charge in [-0.1, -0.05) is 12.2 Å². The van der Waals surface area contributed by atoms with Gasteiger partial charge in [-0.05, 0) is 0 Å². The van der Waals surface area contributed by atoms with E-state index >= 15 is 0 Å². The summed E-state index contributed by atoms with van der Waals surface area (Å²) in [7, 11) is 3.33. The molecule has 0 aromatic carbocycles. The quantitative estimate of drug-likeness (QED) is 0.659. The van der Waals surface area contributed by atoms with Gasteiger partial charge >= 0.3 is 0 Å². The summed E-state index contributed by atoms with van der Waals surface area (Å²) in [6.07, 6.45) is 8.36. The van der Waals surface area contributed by atoms with Crippen LogP contribution in [0.2, 0.25) is 0 Å². The standard InChI is InChI=1S/C18H22N4O4/c1-21(10-12-9-19-5-6-20-12)16(23)14-13-3-4-18(26-13)11-22(7-8-25-2)17(24)15(14)18/h3-6,9,13-15H,7-8,10-11H2,1-2H3/t13-,14-,15-,18-/m0/s1. The third kappa shape index (κ3) is 2.60. The second-order valence-corrected chi connectivity index (χ2v) is 7.04. The Morgan fingerprint density at radius 3 is 3.08 bits per heavy atom. The summed E-state index contributed by atoms with van der Waals surface area (Å²) in [6, 6.07) is 0. The predicted molar refractivity (Wildman–Crippen MR) is 90.7 cm³/mol. The molecular formula is C18H22N4O4. The molecule has 4 rings (SSSR count). The zero-order valence-corrected chi connectivity index (χ0v) is 14.9. The first kappa shape index (κ1) is 17.1. The molecule has 0 saturated carbocycles. The number of amides is 2. The lowest BCUT2D eigenvalue weighted by Crippen LogP contribution is -2.44. The van der Waals surface area contributed by atoms with Crippen LogP contribution in [0.15, 0.2) is 30.7 Å². The Labute approximate surface area is 151 Å². The number of hydrogen-bond donors (Lipinski definition) is 0. The highest BCUT2D eigenvalue weighted by Gasteiger charge is 2.66. The van der Waals surface area contributed by atoms with E-state index in [1.807, 2.05) is 12.2 Å². The minimum absolute atomic E-state index is 0.0276. The number of carbonyl (C=O) groups is 2. The van der Waals surface area contributed by atoms with E-state index in [4.69, 9.17) is 9.47 Å². The Kier molecular flexibility index (Phi) is 4.24. The fourth-order valence-corrected chi connectivity index (χ4v) is 4.24. The van der Waals surface area contributed by atoms with Gasteiger partial charge in [-0.2, -0.15) is 0 Å². The number of fused-ring (bicyclic) bond motifs is 1. The zero-order chi connectivity index (χ0) is 18.3. The molecule has 3 aliphatic rings. The van der Waals surface area contributed by atoms with Crippen LogP contribution in [0.4, 0.5) is 0 Å². The topological polar surface area (TPSA) is 84.9 Å². The molecule has 0 N–H and O–H groups in total. The maximum atomic E-state index is 13.1. The fraction of sp³-hybridized carbons (Fsp3) is 0.556. The molecule has 2 saturated heterocycles. The van der Waals surface area contributed by atoms with Crippen molar-refractivity contribution < 1.29 is 19.1 Å². The largest absolute Gasteiger partial charge is 0.383 e. The maximum Gasteiger partial charge on any atom is 0.230 e. The van der Waals surface area contributed by atoms with Gasteiger partial charge in [0.1, 0.15) is 5.60 Å². The lowest BCUT2D eigenvalue weighted by atomic mass is 9.76. The first-order valence-corrected chi connectivity index (χ1v) is 8.70. The molecule has 2 amide bonds. The van der Waals surface area contributed by atoms with E-state index in [1.165, 1.54) is 0 Å². The SMILES string of the molecule is COCCN1C[C@]23C=C[C@H](O2)[C@H](C(=O)N(C)Cc2cnccn2)[C@H]3C1=O. The van der Waals surface area contributed by atoms with E-state index in [0.29, 0.717) is 31.9 Å². The molecule has 0 aliphatic carbocycles. The molecule has 0 unspecified atom stereocenters. The molecule has 8 nitrogen and oxygen atoms in total. The highest BCUT2D eigenvalue weighted by atomic mass is 16.5. The monoisotopic (exact) mass is 358 g/mol. The summed E-state index contributed by atoms with van der Waals surface area (Å²) in [6.45, 7) is 1.80. The Morgan fingerprint density at radius 2 is 2.35 bits per heavy atom. The lowest BCUT2D eigenvalue weighted by molar-refractivity contribution is -0.142. The van der Waals surface area contributed by atoms with Crippen molar-refractivity contribution in [2.75, 3.05) is 33.9 Å². The normalized spacial score (nSPS) is 31.5. The number of ether oxygens (including phenoxy) is 2. The number of rotatable bonds is 6. The van der Waals surface area contributed by atoms with Crippen molar-refractivity contribution >= 4 is 11.8 Å². The van der Waals surface area contributed by atoms with Gasteiger partial charge in [0.15, 0.2) is 0 Å². The van der Waals surface area contributed by atoms with E-state index in [1.54, 1.807) is 42.5 Å². The molecule has 138 valence electrons. The van der Waals surface area contributed by atoms with Crippen LogP contribution < -0.4 is 0 Å². The number of hydrogen-bond acceptors (Lipinski definition) is 6. The van der Waals surface area contributed by atoms with Crippen molar-refractivity contribution in [1.29, 1.82) is 0 Å². The summed E-state index contributed by atoms with van der Waals surface area (Å²) in [5.74, 6) is -1.09. The molecule has 4 atom stereocenters. The second-order valence-electron chi connectivity index (χ2n) is 7.04. The van der Waals surface area contributed by atoms with Crippen LogP contribution in [0.5, 0.6) is 0 Å². The highest BCUT2D eigenvalue weighted by molar-refractivity contribution is 5.93. The van der Waals surface area contributed by atoms with Gasteiger partial charge in [0.2, 0.25) is 11.8 Å². The van der Waals surface area contributed by atoms with Crippen LogP contribution in [0, 0.1) is 11.8 Å². The molecule has 1 aromatic heterocycles. The highest BCUT2D eigenvalue weighted by Crippen LogP contribution is 2.52. The van der Waals surface area contributed by atoms with Crippen LogP contribution in [0.25, 0.3) is 0 Å². The number of likely N-dealkylation sites (tertiary alicyclic amines) is 1. The smallest absolute Gasteiger partial charge is 0.230 e. The van der Waals surface area contributed by atoms with Gasteiger partial charge in [-0.15, -0.1) is 0 Å². The first-order valence-electron chi connectivity index (χ1n) is 8.70. The van der Waals surface area contributed by atoms with E-state index < -0.39 is 17.4 Å². The third-order valence-corrected chi connectivity index (χ3v) is 5.42. The molecule has 26 heavy (non-hydrogen) atoms. The van der Waals surface area contributed by atoms with Crippen LogP contribution >= 0.6 is 0 Å². The fourth-order valence-electron chi connectivity index (χ4n) is 4.24. The van der Waals surface area contributed by atoms with Gasteiger partial charge < -0.3 is 19.3 Å². The van der Waals surface area contributed by atoms with Gasteiger partial charge in [0.25, 0.3) is 0 Å². The minimum Gasteiger partial charge on any atom is -0.383 e. The van der Waals surface area contributed by atoms with Gasteiger partial charge in [0.05, 0.1) is 49.5 Å². The molecule has 0 radical (unpaired) electrons. The Balaban J connectivity index is 1.53. The van der Waals surface area contributed by atoms with Crippen molar-refractivity contribution in [2.45, 2.75) is 18.2 Å². The van der Waals surface area contributed by atoms with Crippen LogP contribution in [0.3, 0.4) is 0 Å². The van der Waals surface area contributed by atoms with Gasteiger partial charge in [-0.3, -0.25) is 19.6 Å². The summed E-state index contributed by atoms with van der Waals surface area (Å²) in [5, 5.41) is 0. The second kappa shape index (κ2) is 6.44. The molecule has 4 heterocycles. The minimum atomic E-state index is -0.677. The van der Waals surface area contributed by atoms with Crippen LogP contribution in [-0.4, -0.2) is 77.1 Å². The molecule has 1 spiro atoms. The van der Waals surface area contributed by atoms with Gasteiger partial charge in [-0.25, -0.2) is 0 Å². The number of nitrogens with zero attached hydrogens (tertiary/aromatic N) is 4. The zero-order valence-electron chi connectivity index (χ0n) is 14.9. The Morgan fingerprint density at radius 1 is 1.50 bits per heavy atom. The first-order chi connectivity index (χ1) is 12.6. The third-order valence-electron chi connectivity index (χ3n) is 5.42. The number of carbonyl (C=O) groups excluding carboxylic acids is 2. The van der Waals surface area contributed by atoms with Crippen molar-refractivity contribution in [3.63, 3.8) is 0 Å².